The van der Waals surface area contributed by atoms with E-state index in [1.165, 1.54) is 6.92 Å². The normalized spacial score (nSPS) is 10.9. The molecule has 1 aromatic heterocycles. The number of ether oxygens (including phenoxy) is 1. The van der Waals surface area contributed by atoms with Crippen LogP contribution in [0.3, 0.4) is 0 Å². The SMILES string of the molecule is CC(=O)Oc1ccc2c(c1)c(N(CCCCCCCC(=O)O)C(C)=O)c(C)n2Cc1ccccc1. The maximum Gasteiger partial charge on any atom is 0.308 e. The van der Waals surface area contributed by atoms with Crippen molar-refractivity contribution in [2.45, 2.75) is 65.8 Å². The number of carboxylic acid groups (broad SMARTS) is 1. The highest BCUT2D eigenvalue weighted by molar-refractivity contribution is 6.05. The van der Waals surface area contributed by atoms with Gasteiger partial charge >= 0.3 is 11.9 Å². The van der Waals surface area contributed by atoms with Crippen LogP contribution in [0.4, 0.5) is 5.69 Å². The zero-order valence-corrected chi connectivity index (χ0v) is 20.8. The van der Waals surface area contributed by atoms with E-state index in [4.69, 9.17) is 9.84 Å². The van der Waals surface area contributed by atoms with Crippen molar-refractivity contribution in [1.82, 2.24) is 4.57 Å². The lowest BCUT2D eigenvalue weighted by molar-refractivity contribution is -0.137. The van der Waals surface area contributed by atoms with Crippen molar-refractivity contribution >= 4 is 34.4 Å². The average Bonchev–Trinajstić information content (AvgIpc) is 3.06. The fourth-order valence-electron chi connectivity index (χ4n) is 4.49. The smallest absolute Gasteiger partial charge is 0.308 e. The van der Waals surface area contributed by atoms with Crippen LogP contribution in [0.5, 0.6) is 5.75 Å². The van der Waals surface area contributed by atoms with Crippen molar-refractivity contribution < 1.29 is 24.2 Å². The Morgan fingerprint density at radius 2 is 1.63 bits per heavy atom. The third-order valence-corrected chi connectivity index (χ3v) is 6.13. The lowest BCUT2D eigenvalue weighted by Gasteiger charge is -2.22. The van der Waals surface area contributed by atoms with Crippen LogP contribution < -0.4 is 9.64 Å². The van der Waals surface area contributed by atoms with Crippen LogP contribution in [0.25, 0.3) is 10.9 Å². The molecule has 3 aromatic rings. The number of carboxylic acids is 1. The van der Waals surface area contributed by atoms with Crippen LogP contribution in [0.15, 0.2) is 48.5 Å². The zero-order valence-electron chi connectivity index (χ0n) is 20.8. The van der Waals surface area contributed by atoms with Gasteiger partial charge in [0.15, 0.2) is 0 Å². The summed E-state index contributed by atoms with van der Waals surface area (Å²) in [5, 5.41) is 9.65. The van der Waals surface area contributed by atoms with Gasteiger partial charge in [-0.05, 0) is 43.5 Å². The van der Waals surface area contributed by atoms with Crippen LogP contribution in [0, 0.1) is 6.92 Å². The molecule has 186 valence electrons. The molecule has 0 aliphatic carbocycles. The second-order valence-electron chi connectivity index (χ2n) is 8.86. The highest BCUT2D eigenvalue weighted by atomic mass is 16.5. The van der Waals surface area contributed by atoms with Gasteiger partial charge in [-0.25, -0.2) is 0 Å². The number of unbranched alkanes of at least 4 members (excludes halogenated alkanes) is 4. The molecular weight excluding hydrogens is 444 g/mol. The molecule has 0 unspecified atom stereocenters. The Bertz CT molecular complexity index is 1180. The topological polar surface area (TPSA) is 88.8 Å². The molecule has 1 heterocycles. The summed E-state index contributed by atoms with van der Waals surface area (Å²) < 4.78 is 7.54. The molecule has 7 nitrogen and oxygen atoms in total. The number of esters is 1. The predicted molar refractivity (Wildman–Crippen MR) is 137 cm³/mol. The number of hydrogen-bond donors (Lipinski definition) is 1. The minimum atomic E-state index is -0.761. The Morgan fingerprint density at radius 1 is 0.943 bits per heavy atom. The fraction of sp³-hybridized carbons (Fsp3) is 0.393. The summed E-state index contributed by atoms with van der Waals surface area (Å²) >= 11 is 0. The van der Waals surface area contributed by atoms with E-state index in [0.29, 0.717) is 25.3 Å². The van der Waals surface area contributed by atoms with Gasteiger partial charge in [-0.2, -0.15) is 0 Å². The van der Waals surface area contributed by atoms with Crippen molar-refractivity contribution in [3.63, 3.8) is 0 Å². The van der Waals surface area contributed by atoms with Gasteiger partial charge in [0, 0.05) is 44.4 Å². The van der Waals surface area contributed by atoms with Gasteiger partial charge in [0.2, 0.25) is 5.91 Å². The third kappa shape index (κ3) is 6.94. The Kier molecular flexibility index (Phi) is 9.06. The monoisotopic (exact) mass is 478 g/mol. The van der Waals surface area contributed by atoms with E-state index in [1.54, 1.807) is 13.0 Å². The molecule has 1 N–H and O–H groups in total. The van der Waals surface area contributed by atoms with Gasteiger partial charge < -0.3 is 19.3 Å². The van der Waals surface area contributed by atoms with Gasteiger partial charge in [0.25, 0.3) is 0 Å². The number of aromatic nitrogens is 1. The lowest BCUT2D eigenvalue weighted by Crippen LogP contribution is -2.30. The van der Waals surface area contributed by atoms with Crippen LogP contribution in [0.2, 0.25) is 0 Å². The van der Waals surface area contributed by atoms with E-state index >= 15 is 0 Å². The number of aliphatic carboxylic acids is 1. The maximum atomic E-state index is 12.8. The third-order valence-electron chi connectivity index (χ3n) is 6.13. The number of rotatable bonds is 12. The first kappa shape index (κ1) is 26.0. The van der Waals surface area contributed by atoms with E-state index in [-0.39, 0.29) is 12.3 Å². The number of hydrogen-bond acceptors (Lipinski definition) is 4. The summed E-state index contributed by atoms with van der Waals surface area (Å²) in [7, 11) is 0. The zero-order chi connectivity index (χ0) is 25.4. The summed E-state index contributed by atoms with van der Waals surface area (Å²) in [5.41, 5.74) is 3.93. The van der Waals surface area contributed by atoms with Gasteiger partial charge in [0.05, 0.1) is 11.2 Å². The first-order chi connectivity index (χ1) is 16.8. The van der Waals surface area contributed by atoms with Gasteiger partial charge in [-0.3, -0.25) is 14.4 Å². The van der Waals surface area contributed by atoms with Crippen molar-refractivity contribution in [1.29, 1.82) is 0 Å². The molecule has 1 amide bonds. The van der Waals surface area contributed by atoms with E-state index < -0.39 is 11.9 Å². The quantitative estimate of drug-likeness (QED) is 0.205. The molecule has 2 aromatic carbocycles. The summed E-state index contributed by atoms with van der Waals surface area (Å²) in [4.78, 5) is 36.8. The van der Waals surface area contributed by atoms with E-state index in [9.17, 15) is 14.4 Å². The molecule has 0 saturated heterocycles. The molecule has 0 spiro atoms. The Balaban J connectivity index is 1.90. The van der Waals surface area contributed by atoms with E-state index in [1.807, 2.05) is 42.2 Å². The molecule has 0 radical (unpaired) electrons. The largest absolute Gasteiger partial charge is 0.481 e. The highest BCUT2D eigenvalue weighted by Crippen LogP contribution is 2.37. The van der Waals surface area contributed by atoms with Crippen molar-refractivity contribution in [2.75, 3.05) is 11.4 Å². The summed E-state index contributed by atoms with van der Waals surface area (Å²) in [6, 6.07) is 15.7. The number of carbonyl (C=O) groups excluding carboxylic acids is 2. The van der Waals surface area contributed by atoms with Crippen LogP contribution in [-0.4, -0.2) is 34.1 Å². The molecule has 0 atom stereocenters. The molecule has 0 saturated carbocycles. The van der Waals surface area contributed by atoms with Crippen LogP contribution in [0.1, 0.15) is 63.6 Å². The number of fused-ring (bicyclic) bond motifs is 1. The second kappa shape index (κ2) is 12.2. The molecule has 7 heteroatoms. The van der Waals surface area contributed by atoms with Crippen LogP contribution in [-0.2, 0) is 20.9 Å². The van der Waals surface area contributed by atoms with Gasteiger partial charge in [-0.15, -0.1) is 0 Å². The standard InChI is InChI=1S/C28H34N2O5/c1-20-28(29(21(2)31)17-11-6-4-5-10-14-27(33)34)25-18-24(35-22(3)32)15-16-26(25)30(20)19-23-12-8-7-9-13-23/h7-9,12-13,15-16,18H,4-6,10-11,14,17,19H2,1-3H3,(H,33,34). The predicted octanol–water partition coefficient (Wildman–Crippen LogP) is 5.70. The number of carbonyl (C=O) groups is 3. The molecule has 0 aliphatic heterocycles. The minimum absolute atomic E-state index is 0.0457. The molecule has 0 bridgehead atoms. The number of anilines is 1. The van der Waals surface area contributed by atoms with Crippen molar-refractivity contribution in [3.8, 4) is 5.75 Å². The van der Waals surface area contributed by atoms with E-state index in [2.05, 4.69) is 16.7 Å². The summed E-state index contributed by atoms with van der Waals surface area (Å²) in [6.45, 7) is 6.19. The van der Waals surface area contributed by atoms with Crippen molar-refractivity contribution in [2.24, 2.45) is 0 Å². The lowest BCUT2D eigenvalue weighted by atomic mass is 10.1. The first-order valence-electron chi connectivity index (χ1n) is 12.1. The van der Waals surface area contributed by atoms with Crippen molar-refractivity contribution in [3.05, 3.63) is 59.8 Å². The number of nitrogens with zero attached hydrogens (tertiary/aromatic N) is 2. The molecule has 0 aliphatic rings. The van der Waals surface area contributed by atoms with Crippen LogP contribution >= 0.6 is 0 Å². The average molecular weight is 479 g/mol. The summed E-state index contributed by atoms with van der Waals surface area (Å²) in [6.07, 6.45) is 4.42. The molecule has 35 heavy (non-hydrogen) atoms. The first-order valence-corrected chi connectivity index (χ1v) is 12.1. The molecule has 0 fully saturated rings. The summed E-state index contributed by atoms with van der Waals surface area (Å²) in [5.74, 6) is -0.749. The molecule has 3 rings (SSSR count). The molecular formula is C28H34N2O5. The van der Waals surface area contributed by atoms with Gasteiger partial charge in [-0.1, -0.05) is 49.6 Å². The number of benzene rings is 2. The Hall–Kier alpha value is -3.61. The number of amides is 1. The maximum absolute atomic E-state index is 12.8. The minimum Gasteiger partial charge on any atom is -0.481 e. The second-order valence-corrected chi connectivity index (χ2v) is 8.86. The Morgan fingerprint density at radius 3 is 2.29 bits per heavy atom. The highest BCUT2D eigenvalue weighted by Gasteiger charge is 2.23. The Labute approximate surface area is 206 Å². The van der Waals surface area contributed by atoms with E-state index in [0.717, 1.165) is 53.5 Å². The van der Waals surface area contributed by atoms with Gasteiger partial charge in [0.1, 0.15) is 5.75 Å². The fourth-order valence-corrected chi connectivity index (χ4v) is 4.49.